The second-order valence-electron chi connectivity index (χ2n) is 6.47. The van der Waals surface area contributed by atoms with Gasteiger partial charge in [-0.25, -0.2) is 9.78 Å². The van der Waals surface area contributed by atoms with Crippen molar-refractivity contribution < 1.29 is 18.8 Å². The van der Waals surface area contributed by atoms with Gasteiger partial charge in [0.15, 0.2) is 5.69 Å². The first kappa shape index (κ1) is 17.9. The topological polar surface area (TPSA) is 113 Å². The number of carbonyl (C=O) groups is 3. The monoisotopic (exact) mass is 396 g/mol. The van der Waals surface area contributed by atoms with E-state index in [1.165, 1.54) is 11.3 Å². The molecular weight excluding hydrogens is 380 g/mol. The largest absolute Gasteiger partial charge is 0.440 e. The van der Waals surface area contributed by atoms with E-state index >= 15 is 0 Å². The quantitative estimate of drug-likeness (QED) is 0.587. The van der Waals surface area contributed by atoms with Crippen LogP contribution < -0.4 is 16.0 Å². The van der Waals surface area contributed by atoms with Crippen LogP contribution in [0, 0.1) is 6.92 Å². The molecule has 9 heteroatoms. The Hall–Kier alpha value is -3.46. The summed E-state index contributed by atoms with van der Waals surface area (Å²) in [4.78, 5) is 41.4. The Kier molecular flexibility index (Phi) is 4.23. The first-order valence-corrected chi connectivity index (χ1v) is 9.31. The van der Waals surface area contributed by atoms with Crippen LogP contribution in [-0.2, 0) is 10.3 Å². The number of anilines is 1. The second kappa shape index (κ2) is 6.61. The fourth-order valence-electron chi connectivity index (χ4n) is 2.96. The number of imide groups is 1. The van der Waals surface area contributed by atoms with Gasteiger partial charge in [-0.15, -0.1) is 11.3 Å². The van der Waals surface area contributed by atoms with E-state index in [-0.39, 0.29) is 5.69 Å². The molecule has 0 saturated carbocycles. The number of benzene rings is 1. The molecule has 8 nitrogen and oxygen atoms in total. The number of amides is 4. The number of aromatic nitrogens is 1. The lowest BCUT2D eigenvalue weighted by Crippen LogP contribution is -2.40. The number of rotatable bonds is 4. The number of thiophene rings is 1. The molecule has 1 unspecified atom stereocenters. The van der Waals surface area contributed by atoms with Crippen LogP contribution in [-0.4, -0.2) is 22.8 Å². The first-order chi connectivity index (χ1) is 13.4. The summed E-state index contributed by atoms with van der Waals surface area (Å²) in [6, 6.07) is 9.92. The van der Waals surface area contributed by atoms with E-state index in [0.29, 0.717) is 22.9 Å². The fraction of sp³-hybridized carbons (Fsp3) is 0.158. The van der Waals surface area contributed by atoms with Crippen molar-refractivity contribution in [2.24, 2.45) is 0 Å². The minimum atomic E-state index is -1.20. The van der Waals surface area contributed by atoms with Crippen LogP contribution in [0.25, 0.3) is 10.8 Å². The third-order valence-corrected chi connectivity index (χ3v) is 5.34. The van der Waals surface area contributed by atoms with E-state index in [4.69, 9.17) is 4.42 Å². The summed E-state index contributed by atoms with van der Waals surface area (Å²) in [6.45, 7) is 3.28. The smallest absolute Gasteiger partial charge is 0.322 e. The molecule has 142 valence electrons. The third kappa shape index (κ3) is 3.05. The van der Waals surface area contributed by atoms with Crippen LogP contribution >= 0.6 is 11.3 Å². The summed E-state index contributed by atoms with van der Waals surface area (Å²) >= 11 is 1.47. The molecule has 1 aliphatic heterocycles. The molecule has 1 aliphatic rings. The molecular formula is C19H16N4O4S. The van der Waals surface area contributed by atoms with Gasteiger partial charge in [0.25, 0.3) is 11.8 Å². The highest BCUT2D eigenvalue weighted by atomic mass is 32.1. The predicted molar refractivity (Wildman–Crippen MR) is 103 cm³/mol. The lowest BCUT2D eigenvalue weighted by Gasteiger charge is -2.21. The summed E-state index contributed by atoms with van der Waals surface area (Å²) in [6.07, 6.45) is 0. The molecule has 0 radical (unpaired) electrons. The van der Waals surface area contributed by atoms with E-state index in [9.17, 15) is 14.4 Å². The Labute approximate surface area is 164 Å². The van der Waals surface area contributed by atoms with Gasteiger partial charge in [0.05, 0.1) is 4.88 Å². The van der Waals surface area contributed by atoms with E-state index in [0.717, 1.165) is 4.88 Å². The minimum Gasteiger partial charge on any atom is -0.440 e. The van der Waals surface area contributed by atoms with Crippen molar-refractivity contribution in [1.29, 1.82) is 0 Å². The van der Waals surface area contributed by atoms with Gasteiger partial charge in [-0.1, -0.05) is 18.2 Å². The van der Waals surface area contributed by atoms with Crippen LogP contribution in [0.3, 0.4) is 0 Å². The number of nitrogens with one attached hydrogen (secondary N) is 3. The Bertz CT molecular complexity index is 1090. The summed E-state index contributed by atoms with van der Waals surface area (Å²) in [5, 5.41) is 9.48. The number of aryl methyl sites for hydroxylation is 1. The van der Waals surface area contributed by atoms with E-state index in [1.54, 1.807) is 38.1 Å². The number of hydrogen-bond acceptors (Lipinski definition) is 6. The molecule has 1 fully saturated rings. The summed E-state index contributed by atoms with van der Waals surface area (Å²) in [5.74, 6) is -0.0733. The predicted octanol–water partition coefficient (Wildman–Crippen LogP) is 3.02. The van der Waals surface area contributed by atoms with Crippen molar-refractivity contribution >= 4 is 34.9 Å². The lowest BCUT2D eigenvalue weighted by molar-refractivity contribution is -0.123. The minimum absolute atomic E-state index is 0.187. The van der Waals surface area contributed by atoms with Gasteiger partial charge in [0.2, 0.25) is 5.89 Å². The molecule has 3 N–H and O–H groups in total. The zero-order chi connectivity index (χ0) is 19.9. The zero-order valence-corrected chi connectivity index (χ0v) is 15.8. The normalized spacial score (nSPS) is 18.6. The maximum absolute atomic E-state index is 12.7. The highest BCUT2D eigenvalue weighted by molar-refractivity contribution is 7.13. The van der Waals surface area contributed by atoms with Crippen molar-refractivity contribution in [3.63, 3.8) is 0 Å². The van der Waals surface area contributed by atoms with Gasteiger partial charge in [-0.2, -0.15) is 0 Å². The van der Waals surface area contributed by atoms with Crippen molar-refractivity contribution in [2.45, 2.75) is 19.4 Å². The highest BCUT2D eigenvalue weighted by Crippen LogP contribution is 2.28. The molecule has 28 heavy (non-hydrogen) atoms. The summed E-state index contributed by atoms with van der Waals surface area (Å²) in [5.41, 5.74) is 0.00279. The van der Waals surface area contributed by atoms with Gasteiger partial charge >= 0.3 is 6.03 Å². The van der Waals surface area contributed by atoms with Crippen molar-refractivity contribution in [2.75, 3.05) is 5.32 Å². The van der Waals surface area contributed by atoms with Crippen LogP contribution in [0.5, 0.6) is 0 Å². The van der Waals surface area contributed by atoms with Gasteiger partial charge in [-0.3, -0.25) is 14.9 Å². The van der Waals surface area contributed by atoms with Gasteiger partial charge in [0.1, 0.15) is 11.3 Å². The molecule has 3 aromatic rings. The molecule has 1 saturated heterocycles. The number of nitrogens with zero attached hydrogens (tertiary/aromatic N) is 1. The summed E-state index contributed by atoms with van der Waals surface area (Å²) in [7, 11) is 0. The Morgan fingerprint density at radius 1 is 1.25 bits per heavy atom. The van der Waals surface area contributed by atoms with E-state index in [2.05, 4.69) is 20.9 Å². The van der Waals surface area contributed by atoms with Crippen LogP contribution in [0.15, 0.2) is 46.2 Å². The third-order valence-electron chi connectivity index (χ3n) is 4.49. The molecule has 4 amide bonds. The number of oxazole rings is 1. The Morgan fingerprint density at radius 2 is 2.07 bits per heavy atom. The van der Waals surface area contributed by atoms with Crippen molar-refractivity contribution in [3.8, 4) is 10.8 Å². The second-order valence-corrected chi connectivity index (χ2v) is 7.42. The molecule has 1 aromatic carbocycles. The van der Waals surface area contributed by atoms with Gasteiger partial charge in [-0.05, 0) is 43.0 Å². The zero-order valence-electron chi connectivity index (χ0n) is 15.0. The molecule has 1 atom stereocenters. The van der Waals surface area contributed by atoms with Crippen LogP contribution in [0.1, 0.15) is 28.7 Å². The van der Waals surface area contributed by atoms with E-state index in [1.807, 2.05) is 17.5 Å². The maximum atomic E-state index is 12.7. The number of urea groups is 1. The molecule has 0 bridgehead atoms. The highest BCUT2D eigenvalue weighted by Gasteiger charge is 2.43. The molecule has 2 aromatic heterocycles. The van der Waals surface area contributed by atoms with Gasteiger partial charge < -0.3 is 15.1 Å². The molecule has 3 heterocycles. The van der Waals surface area contributed by atoms with Crippen molar-refractivity contribution in [3.05, 3.63) is 58.8 Å². The van der Waals surface area contributed by atoms with Crippen molar-refractivity contribution in [1.82, 2.24) is 15.6 Å². The molecule has 0 spiro atoms. The average molecular weight is 396 g/mol. The molecule has 0 aliphatic carbocycles. The Morgan fingerprint density at radius 3 is 2.75 bits per heavy atom. The van der Waals surface area contributed by atoms with Gasteiger partial charge in [0, 0.05) is 5.69 Å². The van der Waals surface area contributed by atoms with E-state index < -0.39 is 23.4 Å². The number of hydrogen-bond donors (Lipinski definition) is 3. The summed E-state index contributed by atoms with van der Waals surface area (Å²) < 4.78 is 5.60. The molecule has 4 rings (SSSR count). The first-order valence-electron chi connectivity index (χ1n) is 8.43. The SMILES string of the molecule is Cc1oc(-c2cccs2)nc1C(=O)Nc1cccc(C2(C)NC(=O)NC2=O)c1. The fourth-order valence-corrected chi connectivity index (χ4v) is 3.61. The maximum Gasteiger partial charge on any atom is 0.322 e. The van der Waals surface area contributed by atoms with Crippen LogP contribution in [0.2, 0.25) is 0 Å². The Balaban J connectivity index is 1.58. The van der Waals surface area contributed by atoms with Crippen LogP contribution in [0.4, 0.5) is 10.5 Å². The average Bonchev–Trinajstić information content (AvgIpc) is 3.36. The lowest BCUT2D eigenvalue weighted by atomic mass is 9.92. The standard InChI is InChI=1S/C19H16N4O4S/c1-10-14(21-16(27-10)13-7-4-8-28-13)15(24)20-12-6-3-5-11(9-12)19(2)17(25)22-18(26)23-19/h3-9H,1-2H3,(H,20,24)(H2,22,23,25,26). The number of carbonyl (C=O) groups excluding carboxylic acids is 3.